The van der Waals surface area contributed by atoms with E-state index in [1.54, 1.807) is 11.8 Å². The van der Waals surface area contributed by atoms with Gasteiger partial charge in [-0.2, -0.15) is 0 Å². The number of hydrogen-bond donors (Lipinski definition) is 2. The average molecular weight is 398 g/mol. The van der Waals surface area contributed by atoms with Crippen molar-refractivity contribution in [3.05, 3.63) is 0 Å². The number of carbonyl (C=O) groups is 2. The maximum Gasteiger partial charge on any atom is 0.225 e. The Morgan fingerprint density at radius 2 is 1.93 bits per heavy atom. The number of halogens is 1. The summed E-state index contributed by atoms with van der Waals surface area (Å²) >= 11 is 1.85. The van der Waals surface area contributed by atoms with Crippen LogP contribution in [0.3, 0.4) is 0 Å². The Kier molecular flexibility index (Phi) is 5.70. The van der Waals surface area contributed by atoms with Crippen LogP contribution < -0.4 is 10.6 Å². The summed E-state index contributed by atoms with van der Waals surface area (Å²) in [6, 6.07) is 0.625. The summed E-state index contributed by atoms with van der Waals surface area (Å²) in [6.45, 7) is 1.58. The highest BCUT2D eigenvalue weighted by molar-refractivity contribution is 8.00. The van der Waals surface area contributed by atoms with E-state index in [-0.39, 0.29) is 29.3 Å². The number of rotatable bonds is 3. The van der Waals surface area contributed by atoms with Crippen LogP contribution in [0.1, 0.15) is 58.3 Å². The van der Waals surface area contributed by atoms with Gasteiger partial charge in [-0.25, -0.2) is 4.39 Å². The highest BCUT2D eigenvalue weighted by Crippen LogP contribution is 2.49. The molecule has 2 amide bonds. The van der Waals surface area contributed by atoms with Gasteiger partial charge < -0.3 is 10.2 Å². The predicted octanol–water partition coefficient (Wildman–Crippen LogP) is 2.66. The van der Waals surface area contributed by atoms with E-state index in [0.717, 1.165) is 44.9 Å². The molecule has 1 aliphatic heterocycles. The van der Waals surface area contributed by atoms with Crippen molar-refractivity contribution in [3.63, 3.8) is 0 Å². The highest BCUT2D eigenvalue weighted by Gasteiger charge is 2.48. The first-order valence-electron chi connectivity index (χ1n) is 10.5. The molecule has 4 rings (SSSR count). The summed E-state index contributed by atoms with van der Waals surface area (Å²) in [7, 11) is 1.83. The molecular weight excluding hydrogens is 365 g/mol. The smallest absolute Gasteiger partial charge is 0.225 e. The number of thioether (sulfide) groups is 1. The number of fused-ring (bicyclic) bond motifs is 3. The van der Waals surface area contributed by atoms with Crippen LogP contribution in [0.5, 0.6) is 0 Å². The van der Waals surface area contributed by atoms with Crippen molar-refractivity contribution in [2.75, 3.05) is 7.05 Å². The van der Waals surface area contributed by atoms with Gasteiger partial charge in [0.15, 0.2) is 0 Å². The lowest BCUT2D eigenvalue weighted by molar-refractivity contribution is -0.130. The SMILES string of the molecule is CC(=O)N(C)[C@@H]1CC[C@H](C(=O)NC2NC3CCC4CC(F)CCC4C3S2)C1. The first kappa shape index (κ1) is 19.5. The van der Waals surface area contributed by atoms with Gasteiger partial charge in [-0.3, -0.25) is 14.9 Å². The van der Waals surface area contributed by atoms with Crippen LogP contribution in [0, 0.1) is 17.8 Å². The molecule has 7 heteroatoms. The van der Waals surface area contributed by atoms with Gasteiger partial charge in [0.05, 0.1) is 0 Å². The monoisotopic (exact) mass is 397 g/mol. The van der Waals surface area contributed by atoms with Crippen molar-refractivity contribution in [3.8, 4) is 0 Å². The van der Waals surface area contributed by atoms with Gasteiger partial charge in [-0.1, -0.05) is 0 Å². The fourth-order valence-corrected chi connectivity index (χ4v) is 7.46. The van der Waals surface area contributed by atoms with Crippen LogP contribution in [0.2, 0.25) is 0 Å². The van der Waals surface area contributed by atoms with Crippen molar-refractivity contribution in [2.24, 2.45) is 17.8 Å². The van der Waals surface area contributed by atoms with Gasteiger partial charge >= 0.3 is 0 Å². The Balaban J connectivity index is 1.30. The van der Waals surface area contributed by atoms with Gasteiger partial charge in [0.2, 0.25) is 11.8 Å². The van der Waals surface area contributed by atoms with E-state index >= 15 is 0 Å². The summed E-state index contributed by atoms with van der Waals surface area (Å²) in [5.74, 6) is 1.29. The van der Waals surface area contributed by atoms with Crippen molar-refractivity contribution >= 4 is 23.6 Å². The second kappa shape index (κ2) is 7.90. The maximum absolute atomic E-state index is 13.8. The van der Waals surface area contributed by atoms with Crippen molar-refractivity contribution < 1.29 is 14.0 Å². The quantitative estimate of drug-likeness (QED) is 0.769. The topological polar surface area (TPSA) is 61.4 Å². The molecule has 5 nitrogen and oxygen atoms in total. The average Bonchev–Trinajstić information content (AvgIpc) is 3.27. The van der Waals surface area contributed by atoms with Crippen molar-refractivity contribution in [1.29, 1.82) is 0 Å². The summed E-state index contributed by atoms with van der Waals surface area (Å²) in [6.07, 6.45) is 6.53. The minimum atomic E-state index is -0.610. The third-order valence-electron chi connectivity index (χ3n) is 7.40. The number of hydrogen-bond acceptors (Lipinski definition) is 4. The molecule has 152 valence electrons. The van der Waals surface area contributed by atoms with Crippen LogP contribution >= 0.6 is 11.8 Å². The largest absolute Gasteiger partial charge is 0.343 e. The Morgan fingerprint density at radius 1 is 1.11 bits per heavy atom. The fraction of sp³-hybridized carbons (Fsp3) is 0.900. The molecule has 0 aromatic carbocycles. The fourth-order valence-electron chi connectivity index (χ4n) is 5.74. The molecule has 2 N–H and O–H groups in total. The molecule has 1 saturated heterocycles. The Hall–Kier alpha value is -0.820. The highest BCUT2D eigenvalue weighted by atomic mass is 32.2. The number of alkyl halides is 1. The Labute approximate surface area is 165 Å². The lowest BCUT2D eigenvalue weighted by Crippen LogP contribution is -2.48. The minimum Gasteiger partial charge on any atom is -0.343 e. The van der Waals surface area contributed by atoms with Crippen LogP contribution in [-0.2, 0) is 9.59 Å². The molecule has 3 aliphatic carbocycles. The summed E-state index contributed by atoms with van der Waals surface area (Å²) in [4.78, 5) is 26.1. The first-order valence-corrected chi connectivity index (χ1v) is 11.5. The molecule has 4 fully saturated rings. The molecule has 8 atom stereocenters. The summed E-state index contributed by atoms with van der Waals surface area (Å²) in [5, 5.41) is 7.32. The predicted molar refractivity (Wildman–Crippen MR) is 105 cm³/mol. The third kappa shape index (κ3) is 4.00. The Morgan fingerprint density at radius 3 is 2.70 bits per heavy atom. The molecule has 6 unspecified atom stereocenters. The lowest BCUT2D eigenvalue weighted by atomic mass is 9.68. The van der Waals surface area contributed by atoms with E-state index in [2.05, 4.69) is 10.6 Å². The van der Waals surface area contributed by atoms with Gasteiger partial charge in [-0.05, 0) is 63.2 Å². The van der Waals surface area contributed by atoms with Gasteiger partial charge in [-0.15, -0.1) is 11.8 Å². The second-order valence-corrected chi connectivity index (χ2v) is 10.3. The van der Waals surface area contributed by atoms with E-state index in [4.69, 9.17) is 0 Å². The van der Waals surface area contributed by atoms with Crippen LogP contribution in [-0.4, -0.2) is 52.8 Å². The Bertz CT molecular complexity index is 592. The zero-order valence-electron chi connectivity index (χ0n) is 16.3. The van der Waals surface area contributed by atoms with E-state index in [1.807, 2.05) is 18.8 Å². The van der Waals surface area contributed by atoms with Gasteiger partial charge in [0.1, 0.15) is 11.7 Å². The zero-order chi connectivity index (χ0) is 19.1. The first-order chi connectivity index (χ1) is 12.9. The summed E-state index contributed by atoms with van der Waals surface area (Å²) < 4.78 is 13.8. The molecule has 0 aromatic rings. The molecule has 0 aromatic heterocycles. The van der Waals surface area contributed by atoms with E-state index < -0.39 is 6.17 Å². The molecule has 0 bridgehead atoms. The molecule has 0 radical (unpaired) electrons. The van der Waals surface area contributed by atoms with Gasteiger partial charge in [0, 0.05) is 37.2 Å². The van der Waals surface area contributed by atoms with Crippen LogP contribution in [0.15, 0.2) is 0 Å². The molecule has 4 aliphatic rings. The normalized spacial score (nSPS) is 43.7. The molecule has 1 heterocycles. The zero-order valence-corrected chi connectivity index (χ0v) is 17.1. The number of carbonyl (C=O) groups excluding carboxylic acids is 2. The van der Waals surface area contributed by atoms with E-state index in [0.29, 0.717) is 29.5 Å². The maximum atomic E-state index is 13.8. The van der Waals surface area contributed by atoms with Crippen molar-refractivity contribution in [2.45, 2.75) is 87.3 Å². The van der Waals surface area contributed by atoms with Crippen molar-refractivity contribution in [1.82, 2.24) is 15.5 Å². The minimum absolute atomic E-state index is 0.00319. The molecule has 27 heavy (non-hydrogen) atoms. The molecule has 3 saturated carbocycles. The van der Waals surface area contributed by atoms with E-state index in [1.165, 1.54) is 0 Å². The van der Waals surface area contributed by atoms with Gasteiger partial charge in [0.25, 0.3) is 0 Å². The summed E-state index contributed by atoms with van der Waals surface area (Å²) in [5.41, 5.74) is -0.0288. The van der Waals surface area contributed by atoms with Crippen LogP contribution in [0.25, 0.3) is 0 Å². The third-order valence-corrected chi connectivity index (χ3v) is 8.91. The number of amides is 2. The number of nitrogens with zero attached hydrogens (tertiary/aromatic N) is 1. The second-order valence-electron chi connectivity index (χ2n) is 8.97. The molecule has 0 spiro atoms. The standard InChI is InChI=1S/C20H32FN3O2S/c1-11(25)24(2)15-6-3-13(10-15)19(26)23-20-22-17-8-4-12-9-14(21)5-7-16(12)18(17)27-20/h12-18,20,22H,3-10H2,1-2H3,(H,23,26)/t12?,13-,14?,15+,16?,17?,18?,20?/m0/s1. The number of nitrogens with one attached hydrogen (secondary N) is 2. The van der Waals surface area contributed by atoms with E-state index in [9.17, 15) is 14.0 Å². The van der Waals surface area contributed by atoms with Crippen LogP contribution in [0.4, 0.5) is 4.39 Å². The molecular formula is C20H32FN3O2S. The lowest BCUT2D eigenvalue weighted by Gasteiger charge is -2.42.